The topological polar surface area (TPSA) is 102 Å². The predicted octanol–water partition coefficient (Wildman–Crippen LogP) is 4.67. The van der Waals surface area contributed by atoms with Gasteiger partial charge in [-0.05, 0) is 69.1 Å². The van der Waals surface area contributed by atoms with Gasteiger partial charge in [0.25, 0.3) is 0 Å². The molecule has 2 heterocycles. The van der Waals surface area contributed by atoms with Crippen molar-refractivity contribution < 1.29 is 21.6 Å². The molecule has 0 spiro atoms. The zero-order valence-corrected chi connectivity index (χ0v) is 23.8. The largest absolute Gasteiger partial charge is 0.418 e. The summed E-state index contributed by atoms with van der Waals surface area (Å²) in [5.74, 6) is 0.491. The minimum absolute atomic E-state index is 0.0375. The van der Waals surface area contributed by atoms with Gasteiger partial charge < -0.3 is 20.4 Å². The summed E-state index contributed by atoms with van der Waals surface area (Å²) in [4.78, 5) is 12.7. The molecule has 3 N–H and O–H groups in total. The molecule has 0 bridgehead atoms. The fraction of sp³-hybridized carbons (Fsp3) is 0.429. The number of hydrogen-bond acceptors (Lipinski definition) is 8. The summed E-state index contributed by atoms with van der Waals surface area (Å²) in [7, 11) is -1.21. The SMILES string of the molecule is Cc1cnc(Nc2ccc(N3CCN(C)CC3)cc2C(F)(F)F)nc1Nc1ccc(CCNS(=O)(=O)C2CC2)cc1. The molecule has 5 rings (SSSR count). The molecule has 2 aromatic carbocycles. The summed E-state index contributed by atoms with van der Waals surface area (Å²) in [5.41, 5.74) is 2.06. The van der Waals surface area contributed by atoms with Gasteiger partial charge in [0, 0.05) is 55.9 Å². The monoisotopic (exact) mass is 589 g/mol. The van der Waals surface area contributed by atoms with E-state index in [4.69, 9.17) is 0 Å². The minimum atomic E-state index is -4.56. The van der Waals surface area contributed by atoms with Crippen LogP contribution in [0.5, 0.6) is 0 Å². The van der Waals surface area contributed by atoms with Gasteiger partial charge >= 0.3 is 6.18 Å². The first kappa shape index (κ1) is 29.1. The number of anilines is 5. The lowest BCUT2D eigenvalue weighted by molar-refractivity contribution is -0.136. The van der Waals surface area contributed by atoms with Gasteiger partial charge in [0.15, 0.2) is 0 Å². The number of nitrogens with one attached hydrogen (secondary N) is 3. The first-order chi connectivity index (χ1) is 19.5. The Morgan fingerprint density at radius 1 is 1.00 bits per heavy atom. The van der Waals surface area contributed by atoms with Crippen LogP contribution in [0.3, 0.4) is 0 Å². The third kappa shape index (κ3) is 7.46. The second-order valence-corrected chi connectivity index (χ2v) is 12.6. The average Bonchev–Trinajstić information content (AvgIpc) is 3.78. The Labute approximate surface area is 238 Å². The first-order valence-corrected chi connectivity index (χ1v) is 15.1. The molecular weight excluding hydrogens is 555 g/mol. The summed E-state index contributed by atoms with van der Waals surface area (Å²) in [6.07, 6.45) is -1.01. The summed E-state index contributed by atoms with van der Waals surface area (Å²) in [5, 5.41) is 5.71. The fourth-order valence-electron chi connectivity index (χ4n) is 4.61. The number of benzene rings is 2. The average molecular weight is 590 g/mol. The molecule has 9 nitrogen and oxygen atoms in total. The van der Waals surface area contributed by atoms with E-state index in [1.54, 1.807) is 19.2 Å². The minimum Gasteiger partial charge on any atom is -0.369 e. The highest BCUT2D eigenvalue weighted by atomic mass is 32.2. The van der Waals surface area contributed by atoms with Gasteiger partial charge in [-0.15, -0.1) is 0 Å². The van der Waals surface area contributed by atoms with Gasteiger partial charge in [-0.1, -0.05) is 12.1 Å². The smallest absolute Gasteiger partial charge is 0.369 e. The van der Waals surface area contributed by atoms with Gasteiger partial charge in [0.2, 0.25) is 16.0 Å². The molecule has 41 heavy (non-hydrogen) atoms. The Balaban J connectivity index is 1.26. The van der Waals surface area contributed by atoms with Crippen LogP contribution in [-0.4, -0.2) is 68.3 Å². The van der Waals surface area contributed by atoms with Crippen LogP contribution in [0.15, 0.2) is 48.7 Å². The zero-order valence-electron chi connectivity index (χ0n) is 23.0. The number of hydrogen-bond donors (Lipinski definition) is 3. The summed E-state index contributed by atoms with van der Waals surface area (Å²) < 4.78 is 68.7. The molecule has 0 radical (unpaired) electrons. The molecular formula is C28H34F3N7O2S. The van der Waals surface area contributed by atoms with E-state index >= 15 is 0 Å². The number of likely N-dealkylation sites (N-methyl/N-ethyl adjacent to an activating group) is 1. The Bertz CT molecular complexity index is 1470. The lowest BCUT2D eigenvalue weighted by Crippen LogP contribution is -2.44. The van der Waals surface area contributed by atoms with E-state index in [-0.39, 0.29) is 16.9 Å². The Morgan fingerprint density at radius 2 is 1.71 bits per heavy atom. The molecule has 13 heteroatoms. The van der Waals surface area contributed by atoms with Crippen LogP contribution < -0.4 is 20.3 Å². The highest BCUT2D eigenvalue weighted by Crippen LogP contribution is 2.38. The predicted molar refractivity (Wildman–Crippen MR) is 155 cm³/mol. The van der Waals surface area contributed by atoms with E-state index in [9.17, 15) is 21.6 Å². The van der Waals surface area contributed by atoms with Crippen LogP contribution in [0.1, 0.15) is 29.5 Å². The second-order valence-electron chi connectivity index (χ2n) is 10.6. The molecule has 3 aromatic rings. The molecule has 0 atom stereocenters. The summed E-state index contributed by atoms with van der Waals surface area (Å²) in [6.45, 7) is 5.05. The summed E-state index contributed by atoms with van der Waals surface area (Å²) >= 11 is 0. The number of nitrogens with zero attached hydrogens (tertiary/aromatic N) is 4. The summed E-state index contributed by atoms with van der Waals surface area (Å²) in [6, 6.07) is 11.8. The van der Waals surface area contributed by atoms with Crippen LogP contribution in [0.2, 0.25) is 0 Å². The van der Waals surface area contributed by atoms with E-state index in [0.717, 1.165) is 42.7 Å². The van der Waals surface area contributed by atoms with Crippen molar-refractivity contribution >= 4 is 38.9 Å². The van der Waals surface area contributed by atoms with E-state index in [2.05, 4.69) is 30.2 Å². The number of aromatic nitrogens is 2. The van der Waals surface area contributed by atoms with Crippen LogP contribution in [-0.2, 0) is 22.6 Å². The molecule has 0 amide bonds. The highest BCUT2D eigenvalue weighted by Gasteiger charge is 2.35. The van der Waals surface area contributed by atoms with Crippen molar-refractivity contribution in [1.29, 1.82) is 0 Å². The standard InChI is InChI=1S/C28H34F3N7O2S/c1-19-18-32-27(35-25-10-7-22(17-24(25)28(29,30)31)38-15-13-37(2)14-16-38)36-26(19)34-21-5-3-20(4-6-21)11-12-33-41(39,40)23-8-9-23/h3-7,10,17-18,23,33H,8-9,11-16H2,1-2H3,(H2,32,34,35,36). The number of rotatable bonds is 10. The third-order valence-electron chi connectivity index (χ3n) is 7.29. The Morgan fingerprint density at radius 3 is 2.37 bits per heavy atom. The maximum Gasteiger partial charge on any atom is 0.418 e. The molecule has 2 aliphatic rings. The maximum atomic E-state index is 14.0. The van der Waals surface area contributed by atoms with Crippen molar-refractivity contribution in [2.75, 3.05) is 55.3 Å². The van der Waals surface area contributed by atoms with Crippen LogP contribution in [0.25, 0.3) is 0 Å². The molecule has 2 fully saturated rings. The highest BCUT2D eigenvalue weighted by molar-refractivity contribution is 7.90. The normalized spacial score (nSPS) is 16.6. The molecule has 1 aliphatic heterocycles. The molecule has 1 aromatic heterocycles. The van der Waals surface area contributed by atoms with Gasteiger partial charge in [-0.3, -0.25) is 0 Å². The number of halogens is 3. The van der Waals surface area contributed by atoms with Crippen LogP contribution >= 0.6 is 0 Å². The molecule has 1 saturated heterocycles. The quantitative estimate of drug-likeness (QED) is 0.314. The van der Waals surface area contributed by atoms with E-state index < -0.39 is 21.8 Å². The van der Waals surface area contributed by atoms with E-state index in [1.807, 2.05) is 36.2 Å². The van der Waals surface area contributed by atoms with Crippen LogP contribution in [0.4, 0.5) is 42.0 Å². The van der Waals surface area contributed by atoms with Gasteiger partial charge in [0.05, 0.1) is 16.5 Å². The second kappa shape index (κ2) is 11.8. The maximum absolute atomic E-state index is 14.0. The molecule has 1 aliphatic carbocycles. The van der Waals surface area contributed by atoms with Crippen molar-refractivity contribution in [1.82, 2.24) is 19.6 Å². The van der Waals surface area contributed by atoms with Gasteiger partial charge in [-0.2, -0.15) is 18.2 Å². The van der Waals surface area contributed by atoms with Crippen molar-refractivity contribution in [2.24, 2.45) is 0 Å². The Kier molecular flexibility index (Phi) is 8.39. The molecule has 1 saturated carbocycles. The van der Waals surface area contributed by atoms with Crippen molar-refractivity contribution in [2.45, 2.75) is 37.6 Å². The van der Waals surface area contributed by atoms with E-state index in [0.29, 0.717) is 37.6 Å². The first-order valence-electron chi connectivity index (χ1n) is 13.6. The van der Waals surface area contributed by atoms with E-state index in [1.165, 1.54) is 12.1 Å². The lowest BCUT2D eigenvalue weighted by atomic mass is 10.1. The van der Waals surface area contributed by atoms with Gasteiger partial charge in [0.1, 0.15) is 5.82 Å². The lowest BCUT2D eigenvalue weighted by Gasteiger charge is -2.34. The number of aryl methyl sites for hydroxylation is 1. The van der Waals surface area contributed by atoms with Crippen molar-refractivity contribution in [3.63, 3.8) is 0 Å². The van der Waals surface area contributed by atoms with Crippen molar-refractivity contribution in [3.8, 4) is 0 Å². The van der Waals surface area contributed by atoms with Gasteiger partial charge in [-0.25, -0.2) is 18.1 Å². The van der Waals surface area contributed by atoms with Crippen LogP contribution in [0, 0.1) is 6.92 Å². The fourth-order valence-corrected chi connectivity index (χ4v) is 5.99. The Hall–Kier alpha value is -3.42. The number of sulfonamides is 1. The third-order valence-corrected chi connectivity index (χ3v) is 9.25. The zero-order chi connectivity index (χ0) is 29.2. The number of piperazine rings is 1. The molecule has 220 valence electrons. The molecule has 0 unspecified atom stereocenters. The van der Waals surface area contributed by atoms with Crippen molar-refractivity contribution in [3.05, 3.63) is 65.4 Å². The number of alkyl halides is 3.